The van der Waals surface area contributed by atoms with E-state index in [1.165, 1.54) is 6.26 Å². The number of benzene rings is 1. The van der Waals surface area contributed by atoms with Crippen molar-refractivity contribution in [2.24, 2.45) is 0 Å². The highest BCUT2D eigenvalue weighted by molar-refractivity contribution is 5.98. The Bertz CT molecular complexity index is 943. The van der Waals surface area contributed by atoms with E-state index in [9.17, 15) is 4.79 Å². The molecule has 2 atom stereocenters. The fourth-order valence-electron chi connectivity index (χ4n) is 3.67. The van der Waals surface area contributed by atoms with E-state index in [0.29, 0.717) is 12.3 Å². The van der Waals surface area contributed by atoms with Gasteiger partial charge in [0.2, 0.25) is 0 Å². The van der Waals surface area contributed by atoms with Crippen LogP contribution in [-0.2, 0) is 11.3 Å². The van der Waals surface area contributed by atoms with E-state index in [0.717, 1.165) is 35.6 Å². The first-order chi connectivity index (χ1) is 14.1. The van der Waals surface area contributed by atoms with Gasteiger partial charge in [0.25, 0.3) is 5.91 Å². The average Bonchev–Trinajstić information content (AvgIpc) is 3.22. The monoisotopic (exact) mass is 391 g/mol. The minimum absolute atomic E-state index is 0.187. The molecule has 1 aliphatic heterocycles. The molecule has 0 aliphatic carbocycles. The lowest BCUT2D eigenvalue weighted by Gasteiger charge is -2.36. The largest absolute Gasteiger partial charge is 0.459 e. The van der Waals surface area contributed by atoms with Gasteiger partial charge in [0.1, 0.15) is 5.82 Å². The van der Waals surface area contributed by atoms with Gasteiger partial charge >= 0.3 is 0 Å². The van der Waals surface area contributed by atoms with Gasteiger partial charge in [0.15, 0.2) is 5.76 Å². The second-order valence-corrected chi connectivity index (χ2v) is 7.40. The summed E-state index contributed by atoms with van der Waals surface area (Å²) < 4.78 is 11.2. The van der Waals surface area contributed by atoms with Crippen molar-refractivity contribution in [2.45, 2.75) is 32.6 Å². The molecule has 0 saturated carbocycles. The summed E-state index contributed by atoms with van der Waals surface area (Å²) in [5, 5.41) is 2.92. The standard InChI is InChI=1S/C23H25N3O3/c1-16-14-26(15-17(2)29-16)21-9-8-18(12-24-21)13-25-23(27)22-20(10-11-28-22)19-6-4-3-5-7-19/h3-12,16-17H,13-15H2,1-2H3,(H,25,27). The van der Waals surface area contributed by atoms with Gasteiger partial charge < -0.3 is 19.4 Å². The summed E-state index contributed by atoms with van der Waals surface area (Å²) in [5.74, 6) is 1.00. The van der Waals surface area contributed by atoms with Crippen molar-refractivity contribution in [3.8, 4) is 11.1 Å². The number of rotatable bonds is 5. The maximum absolute atomic E-state index is 12.6. The van der Waals surface area contributed by atoms with E-state index in [1.54, 1.807) is 6.20 Å². The molecule has 1 aliphatic rings. The third-order valence-electron chi connectivity index (χ3n) is 4.96. The van der Waals surface area contributed by atoms with Crippen molar-refractivity contribution in [3.63, 3.8) is 0 Å². The predicted molar refractivity (Wildman–Crippen MR) is 112 cm³/mol. The lowest BCUT2D eigenvalue weighted by atomic mass is 10.1. The number of pyridine rings is 1. The summed E-state index contributed by atoms with van der Waals surface area (Å²) in [6, 6.07) is 15.5. The molecule has 29 heavy (non-hydrogen) atoms. The molecule has 1 N–H and O–H groups in total. The SMILES string of the molecule is CC1CN(c2ccc(CNC(=O)c3occc3-c3ccccc3)cn2)CC(C)O1. The minimum Gasteiger partial charge on any atom is -0.459 e. The van der Waals surface area contributed by atoms with Crippen LogP contribution in [0.15, 0.2) is 65.4 Å². The van der Waals surface area contributed by atoms with Crippen LogP contribution in [0.1, 0.15) is 30.0 Å². The zero-order chi connectivity index (χ0) is 20.2. The zero-order valence-electron chi connectivity index (χ0n) is 16.7. The molecule has 2 aromatic heterocycles. The van der Waals surface area contributed by atoms with E-state index >= 15 is 0 Å². The summed E-state index contributed by atoms with van der Waals surface area (Å²) in [6.45, 7) is 6.19. The molecule has 1 saturated heterocycles. The van der Waals surface area contributed by atoms with E-state index in [2.05, 4.69) is 29.0 Å². The normalized spacial score (nSPS) is 19.2. The first-order valence-electron chi connectivity index (χ1n) is 9.86. The molecule has 3 aromatic rings. The Kier molecular flexibility index (Phi) is 5.62. The molecular weight excluding hydrogens is 366 g/mol. The Morgan fingerprint density at radius 1 is 1.10 bits per heavy atom. The number of amides is 1. The summed E-state index contributed by atoms with van der Waals surface area (Å²) in [7, 11) is 0. The molecule has 6 heteroatoms. The number of carbonyl (C=O) groups excluding carboxylic acids is 1. The summed E-state index contributed by atoms with van der Waals surface area (Å²) in [6.07, 6.45) is 3.72. The van der Waals surface area contributed by atoms with Crippen LogP contribution >= 0.6 is 0 Å². The van der Waals surface area contributed by atoms with E-state index in [1.807, 2.05) is 48.5 Å². The van der Waals surface area contributed by atoms with Crippen molar-refractivity contribution < 1.29 is 13.9 Å². The van der Waals surface area contributed by atoms with E-state index < -0.39 is 0 Å². The number of ether oxygens (including phenoxy) is 1. The Morgan fingerprint density at radius 2 is 1.86 bits per heavy atom. The predicted octanol–water partition coefficient (Wildman–Crippen LogP) is 3.89. The molecule has 0 radical (unpaired) electrons. The van der Waals surface area contributed by atoms with Crippen molar-refractivity contribution >= 4 is 11.7 Å². The summed E-state index contributed by atoms with van der Waals surface area (Å²) in [4.78, 5) is 19.4. The first kappa shape index (κ1) is 19.2. The third kappa shape index (κ3) is 4.49. The smallest absolute Gasteiger partial charge is 0.287 e. The van der Waals surface area contributed by atoms with Gasteiger partial charge in [-0.15, -0.1) is 0 Å². The van der Waals surface area contributed by atoms with Gasteiger partial charge in [-0.1, -0.05) is 36.4 Å². The number of aromatic nitrogens is 1. The van der Waals surface area contributed by atoms with Gasteiger partial charge in [-0.05, 0) is 37.1 Å². The fourth-order valence-corrected chi connectivity index (χ4v) is 3.67. The number of hydrogen-bond donors (Lipinski definition) is 1. The molecule has 3 heterocycles. The number of morpholine rings is 1. The van der Waals surface area contributed by atoms with Crippen molar-refractivity contribution in [1.82, 2.24) is 10.3 Å². The van der Waals surface area contributed by atoms with Crippen LogP contribution in [-0.4, -0.2) is 36.2 Å². The Labute approximate surface area is 170 Å². The maximum atomic E-state index is 12.6. The van der Waals surface area contributed by atoms with Crippen molar-refractivity contribution in [3.05, 3.63) is 72.3 Å². The van der Waals surface area contributed by atoms with E-state index in [4.69, 9.17) is 9.15 Å². The highest BCUT2D eigenvalue weighted by Gasteiger charge is 2.23. The Morgan fingerprint density at radius 3 is 2.55 bits per heavy atom. The third-order valence-corrected chi connectivity index (χ3v) is 4.96. The van der Waals surface area contributed by atoms with Crippen LogP contribution in [0.25, 0.3) is 11.1 Å². The van der Waals surface area contributed by atoms with Crippen LogP contribution < -0.4 is 10.2 Å². The number of nitrogens with zero attached hydrogens (tertiary/aromatic N) is 2. The topological polar surface area (TPSA) is 67.6 Å². The average molecular weight is 391 g/mol. The van der Waals surface area contributed by atoms with Crippen molar-refractivity contribution in [2.75, 3.05) is 18.0 Å². The van der Waals surface area contributed by atoms with Crippen LogP contribution in [0.3, 0.4) is 0 Å². The molecule has 0 spiro atoms. The Hall–Kier alpha value is -3.12. The molecule has 1 fully saturated rings. The molecule has 2 unspecified atom stereocenters. The first-order valence-corrected chi connectivity index (χ1v) is 9.86. The summed E-state index contributed by atoms with van der Waals surface area (Å²) in [5.41, 5.74) is 2.67. The number of hydrogen-bond acceptors (Lipinski definition) is 5. The van der Waals surface area contributed by atoms with Gasteiger partial charge in [0, 0.05) is 31.4 Å². The van der Waals surface area contributed by atoms with Crippen LogP contribution in [0.4, 0.5) is 5.82 Å². The van der Waals surface area contributed by atoms with Gasteiger partial charge in [-0.2, -0.15) is 0 Å². The van der Waals surface area contributed by atoms with Gasteiger partial charge in [-0.3, -0.25) is 4.79 Å². The molecular formula is C23H25N3O3. The minimum atomic E-state index is -0.242. The molecule has 0 bridgehead atoms. The fraction of sp³-hybridized carbons (Fsp3) is 0.304. The van der Waals surface area contributed by atoms with Crippen LogP contribution in [0.2, 0.25) is 0 Å². The van der Waals surface area contributed by atoms with Crippen molar-refractivity contribution in [1.29, 1.82) is 0 Å². The lowest BCUT2D eigenvalue weighted by Crippen LogP contribution is -2.45. The second kappa shape index (κ2) is 8.49. The highest BCUT2D eigenvalue weighted by Crippen LogP contribution is 2.24. The Balaban J connectivity index is 1.39. The number of carbonyl (C=O) groups is 1. The van der Waals surface area contributed by atoms with E-state index in [-0.39, 0.29) is 18.1 Å². The van der Waals surface area contributed by atoms with Gasteiger partial charge in [-0.25, -0.2) is 4.98 Å². The molecule has 6 nitrogen and oxygen atoms in total. The molecule has 4 rings (SSSR count). The van der Waals surface area contributed by atoms with Crippen LogP contribution in [0, 0.1) is 0 Å². The molecule has 1 amide bonds. The van der Waals surface area contributed by atoms with Crippen LogP contribution in [0.5, 0.6) is 0 Å². The van der Waals surface area contributed by atoms with Gasteiger partial charge in [0.05, 0.1) is 18.5 Å². The number of nitrogens with one attached hydrogen (secondary N) is 1. The lowest BCUT2D eigenvalue weighted by molar-refractivity contribution is -0.00546. The highest BCUT2D eigenvalue weighted by atomic mass is 16.5. The second-order valence-electron chi connectivity index (χ2n) is 7.40. The number of furan rings is 1. The molecule has 150 valence electrons. The summed E-state index contributed by atoms with van der Waals surface area (Å²) >= 11 is 0. The number of anilines is 1. The molecule has 1 aromatic carbocycles. The quantitative estimate of drug-likeness (QED) is 0.715. The zero-order valence-corrected chi connectivity index (χ0v) is 16.7. The maximum Gasteiger partial charge on any atom is 0.287 e.